The zero-order valence-electron chi connectivity index (χ0n) is 8.24. The first-order valence-corrected chi connectivity index (χ1v) is 4.50. The fraction of sp³-hybridized carbons (Fsp3) is 0.556. The van der Waals surface area contributed by atoms with Gasteiger partial charge in [-0.2, -0.15) is 0 Å². The standard InChI is InChI=1S/C9H13NO4/c1-3-10-5-6(11)7(8(10)12)9(13)14-4-2/h11H,3-5H2,1-2H3. The van der Waals surface area contributed by atoms with Crippen LogP contribution in [0.5, 0.6) is 0 Å². The van der Waals surface area contributed by atoms with Gasteiger partial charge in [-0.15, -0.1) is 0 Å². The van der Waals surface area contributed by atoms with Crippen LogP contribution in [-0.4, -0.2) is 41.6 Å². The third-order valence-corrected chi connectivity index (χ3v) is 1.99. The Morgan fingerprint density at radius 1 is 1.57 bits per heavy atom. The van der Waals surface area contributed by atoms with Crippen molar-refractivity contribution in [2.45, 2.75) is 13.8 Å². The molecule has 0 radical (unpaired) electrons. The molecule has 0 fully saturated rings. The van der Waals surface area contributed by atoms with E-state index < -0.39 is 11.9 Å². The molecule has 0 aromatic carbocycles. The molecule has 0 aromatic rings. The number of hydrogen-bond acceptors (Lipinski definition) is 4. The highest BCUT2D eigenvalue weighted by atomic mass is 16.5. The van der Waals surface area contributed by atoms with E-state index in [4.69, 9.17) is 0 Å². The molecule has 0 aliphatic carbocycles. The van der Waals surface area contributed by atoms with Crippen molar-refractivity contribution in [3.05, 3.63) is 11.3 Å². The van der Waals surface area contributed by atoms with Crippen molar-refractivity contribution in [2.75, 3.05) is 19.7 Å². The number of amides is 1. The van der Waals surface area contributed by atoms with E-state index >= 15 is 0 Å². The molecule has 0 atom stereocenters. The zero-order chi connectivity index (χ0) is 10.7. The Kier molecular flexibility index (Phi) is 3.11. The van der Waals surface area contributed by atoms with E-state index in [1.54, 1.807) is 13.8 Å². The van der Waals surface area contributed by atoms with E-state index in [-0.39, 0.29) is 24.5 Å². The molecule has 5 heteroatoms. The molecule has 1 heterocycles. The summed E-state index contributed by atoms with van der Waals surface area (Å²) in [5.41, 5.74) is -0.228. The Hall–Kier alpha value is -1.52. The van der Waals surface area contributed by atoms with Gasteiger partial charge in [-0.05, 0) is 13.8 Å². The smallest absolute Gasteiger partial charge is 0.347 e. The van der Waals surface area contributed by atoms with Gasteiger partial charge in [-0.1, -0.05) is 0 Å². The van der Waals surface area contributed by atoms with Gasteiger partial charge in [0.05, 0.1) is 13.2 Å². The Balaban J connectivity index is 2.82. The van der Waals surface area contributed by atoms with Crippen LogP contribution < -0.4 is 0 Å². The van der Waals surface area contributed by atoms with Crippen LogP contribution in [0.15, 0.2) is 11.3 Å². The first kappa shape index (κ1) is 10.6. The first-order chi connectivity index (χ1) is 6.61. The van der Waals surface area contributed by atoms with E-state index in [9.17, 15) is 14.7 Å². The maximum atomic E-state index is 11.5. The van der Waals surface area contributed by atoms with E-state index in [1.807, 2.05) is 0 Å². The Morgan fingerprint density at radius 2 is 2.21 bits per heavy atom. The topological polar surface area (TPSA) is 66.8 Å². The van der Waals surface area contributed by atoms with Crippen LogP contribution in [0.25, 0.3) is 0 Å². The molecule has 1 aliphatic heterocycles. The molecule has 0 spiro atoms. The number of likely N-dealkylation sites (N-methyl/N-ethyl adjacent to an activating group) is 1. The molecular weight excluding hydrogens is 186 g/mol. The maximum Gasteiger partial charge on any atom is 0.347 e. The second-order valence-corrected chi connectivity index (χ2v) is 2.86. The van der Waals surface area contributed by atoms with Gasteiger partial charge in [0.25, 0.3) is 5.91 Å². The van der Waals surface area contributed by atoms with E-state index in [0.717, 1.165) is 0 Å². The quantitative estimate of drug-likeness (QED) is 0.521. The minimum Gasteiger partial charge on any atom is -0.509 e. The normalized spacial score (nSPS) is 16.4. The van der Waals surface area contributed by atoms with Gasteiger partial charge in [0.2, 0.25) is 0 Å². The van der Waals surface area contributed by atoms with Gasteiger partial charge >= 0.3 is 5.97 Å². The summed E-state index contributed by atoms with van der Waals surface area (Å²) in [6.07, 6.45) is 0. The van der Waals surface area contributed by atoms with Crippen LogP contribution in [0.2, 0.25) is 0 Å². The second-order valence-electron chi connectivity index (χ2n) is 2.86. The molecule has 78 valence electrons. The Bertz CT molecular complexity index is 295. The predicted molar refractivity (Wildman–Crippen MR) is 48.5 cm³/mol. The van der Waals surface area contributed by atoms with Gasteiger partial charge in [0.15, 0.2) is 5.57 Å². The number of carbonyl (C=O) groups excluding carboxylic acids is 2. The van der Waals surface area contributed by atoms with E-state index in [0.29, 0.717) is 6.54 Å². The molecule has 0 unspecified atom stereocenters. The fourth-order valence-corrected chi connectivity index (χ4v) is 1.28. The second kappa shape index (κ2) is 4.13. The van der Waals surface area contributed by atoms with Crippen molar-refractivity contribution >= 4 is 11.9 Å². The highest BCUT2D eigenvalue weighted by Gasteiger charge is 2.34. The lowest BCUT2D eigenvalue weighted by Crippen LogP contribution is -2.28. The highest BCUT2D eigenvalue weighted by Crippen LogP contribution is 2.17. The molecule has 5 nitrogen and oxygen atoms in total. The molecule has 0 aromatic heterocycles. The average molecular weight is 199 g/mol. The lowest BCUT2D eigenvalue weighted by molar-refractivity contribution is -0.141. The molecule has 1 N–H and O–H groups in total. The summed E-state index contributed by atoms with van der Waals surface area (Å²) >= 11 is 0. The fourth-order valence-electron chi connectivity index (χ4n) is 1.28. The third kappa shape index (κ3) is 1.71. The monoisotopic (exact) mass is 199 g/mol. The largest absolute Gasteiger partial charge is 0.509 e. The van der Waals surface area contributed by atoms with E-state index in [1.165, 1.54) is 4.90 Å². The summed E-state index contributed by atoms with van der Waals surface area (Å²) in [4.78, 5) is 24.1. The van der Waals surface area contributed by atoms with Gasteiger partial charge in [0, 0.05) is 6.54 Å². The molecule has 1 rings (SSSR count). The van der Waals surface area contributed by atoms with Crippen molar-refractivity contribution in [3.63, 3.8) is 0 Å². The van der Waals surface area contributed by atoms with Crippen molar-refractivity contribution in [1.29, 1.82) is 0 Å². The van der Waals surface area contributed by atoms with Crippen molar-refractivity contribution in [1.82, 2.24) is 4.90 Å². The molecular formula is C9H13NO4. The molecule has 0 saturated heterocycles. The third-order valence-electron chi connectivity index (χ3n) is 1.99. The molecule has 1 amide bonds. The highest BCUT2D eigenvalue weighted by molar-refractivity contribution is 6.18. The summed E-state index contributed by atoms with van der Waals surface area (Å²) < 4.78 is 4.66. The number of ether oxygens (including phenoxy) is 1. The lowest BCUT2D eigenvalue weighted by Gasteiger charge is -2.11. The van der Waals surface area contributed by atoms with Crippen LogP contribution in [-0.2, 0) is 14.3 Å². The van der Waals surface area contributed by atoms with Gasteiger partial charge in [0.1, 0.15) is 5.76 Å². The van der Waals surface area contributed by atoms with Crippen molar-refractivity contribution in [3.8, 4) is 0 Å². The van der Waals surface area contributed by atoms with Gasteiger partial charge in [-0.3, -0.25) is 4.79 Å². The number of aliphatic hydroxyl groups is 1. The number of rotatable bonds is 3. The summed E-state index contributed by atoms with van der Waals surface area (Å²) in [5.74, 6) is -1.40. The summed E-state index contributed by atoms with van der Waals surface area (Å²) in [7, 11) is 0. The number of hydrogen-bond donors (Lipinski definition) is 1. The number of aliphatic hydroxyl groups excluding tert-OH is 1. The zero-order valence-corrected chi connectivity index (χ0v) is 8.24. The van der Waals surface area contributed by atoms with Gasteiger partial charge < -0.3 is 14.7 Å². The summed E-state index contributed by atoms with van der Waals surface area (Å²) in [5, 5.41) is 9.37. The maximum absolute atomic E-state index is 11.5. The minimum absolute atomic E-state index is 0.101. The number of carbonyl (C=O) groups is 2. The number of nitrogens with zero attached hydrogens (tertiary/aromatic N) is 1. The van der Waals surface area contributed by atoms with Gasteiger partial charge in [-0.25, -0.2) is 4.79 Å². The average Bonchev–Trinajstić information content (AvgIpc) is 2.41. The molecule has 1 aliphatic rings. The predicted octanol–water partition coefficient (Wildman–Crippen LogP) is 0.224. The Labute approximate surface area is 82.0 Å². The van der Waals surface area contributed by atoms with Crippen molar-refractivity contribution < 1.29 is 19.4 Å². The van der Waals surface area contributed by atoms with E-state index in [2.05, 4.69) is 4.74 Å². The van der Waals surface area contributed by atoms with Crippen LogP contribution in [0.3, 0.4) is 0 Å². The van der Waals surface area contributed by atoms with Crippen LogP contribution in [0, 0.1) is 0 Å². The summed E-state index contributed by atoms with van der Waals surface area (Å²) in [6, 6.07) is 0. The summed E-state index contributed by atoms with van der Waals surface area (Å²) in [6.45, 7) is 4.18. The molecule has 0 saturated carbocycles. The molecule has 14 heavy (non-hydrogen) atoms. The number of esters is 1. The SMILES string of the molecule is CCOC(=O)C1=C(O)CN(CC)C1=O. The minimum atomic E-state index is -0.744. The molecule has 0 bridgehead atoms. The van der Waals surface area contributed by atoms with Crippen LogP contribution >= 0.6 is 0 Å². The Morgan fingerprint density at radius 3 is 2.64 bits per heavy atom. The van der Waals surface area contributed by atoms with Crippen molar-refractivity contribution in [2.24, 2.45) is 0 Å². The first-order valence-electron chi connectivity index (χ1n) is 4.50. The van der Waals surface area contributed by atoms with Crippen LogP contribution in [0.1, 0.15) is 13.8 Å². The lowest BCUT2D eigenvalue weighted by atomic mass is 10.2. The van der Waals surface area contributed by atoms with Crippen LogP contribution in [0.4, 0.5) is 0 Å².